The fourth-order valence-corrected chi connectivity index (χ4v) is 5.50. The number of nitro groups is 1. The highest BCUT2D eigenvalue weighted by molar-refractivity contribution is 5.88. The maximum absolute atomic E-state index is 11.7. The van der Waals surface area contributed by atoms with Crippen molar-refractivity contribution < 1.29 is 14.8 Å². The van der Waals surface area contributed by atoms with Crippen LogP contribution in [0.5, 0.6) is 0 Å². The van der Waals surface area contributed by atoms with Gasteiger partial charge in [-0.2, -0.15) is 0 Å². The molecule has 0 spiro atoms. The van der Waals surface area contributed by atoms with Gasteiger partial charge in [0.05, 0.1) is 10.5 Å². The van der Waals surface area contributed by atoms with Crippen molar-refractivity contribution in [2.75, 3.05) is 0 Å². The zero-order chi connectivity index (χ0) is 28.8. The summed E-state index contributed by atoms with van der Waals surface area (Å²) in [7, 11) is 0. The number of benzene rings is 2. The Bertz CT molecular complexity index is 970. The van der Waals surface area contributed by atoms with E-state index in [4.69, 9.17) is 5.11 Å². The number of hydrogen-bond donors (Lipinski definition) is 1. The Balaban J connectivity index is 1.49. The molecule has 0 bridgehead atoms. The number of carboxylic acids is 1. The second kappa shape index (κ2) is 21.1. The van der Waals surface area contributed by atoms with Gasteiger partial charge in [-0.3, -0.25) is 10.1 Å². The van der Waals surface area contributed by atoms with Gasteiger partial charge in [0.1, 0.15) is 0 Å². The fourth-order valence-electron chi connectivity index (χ4n) is 5.50. The van der Waals surface area contributed by atoms with Gasteiger partial charge in [-0.15, -0.1) is 0 Å². The Morgan fingerprint density at radius 2 is 1.02 bits per heavy atom. The molecule has 2 aromatic carbocycles. The minimum Gasteiger partial charge on any atom is -0.478 e. The van der Waals surface area contributed by atoms with Crippen molar-refractivity contribution in [2.45, 2.75) is 142 Å². The Morgan fingerprint density at radius 3 is 1.43 bits per heavy atom. The van der Waals surface area contributed by atoms with Crippen molar-refractivity contribution in [3.63, 3.8) is 0 Å². The van der Waals surface area contributed by atoms with E-state index in [0.29, 0.717) is 6.42 Å². The average molecular weight is 552 g/mol. The molecule has 2 rings (SSSR count). The van der Waals surface area contributed by atoms with E-state index in [1.165, 1.54) is 128 Å². The first-order valence-corrected chi connectivity index (χ1v) is 16.1. The molecular formula is C35H53NO4. The summed E-state index contributed by atoms with van der Waals surface area (Å²) in [5.74, 6) is -0.984. The summed E-state index contributed by atoms with van der Waals surface area (Å²) < 4.78 is 0. The lowest BCUT2D eigenvalue weighted by atomic mass is 9.98. The summed E-state index contributed by atoms with van der Waals surface area (Å²) in [5.41, 5.74) is 2.64. The minimum atomic E-state index is -0.984. The van der Waals surface area contributed by atoms with Crippen LogP contribution in [-0.2, 0) is 6.42 Å². The van der Waals surface area contributed by atoms with Crippen LogP contribution in [0.25, 0.3) is 11.1 Å². The number of rotatable bonds is 24. The zero-order valence-electron chi connectivity index (χ0n) is 25.0. The largest absolute Gasteiger partial charge is 0.478 e. The lowest BCUT2D eigenvalue weighted by Crippen LogP contribution is -1.97. The topological polar surface area (TPSA) is 80.4 Å². The van der Waals surface area contributed by atoms with E-state index >= 15 is 0 Å². The van der Waals surface area contributed by atoms with Crippen molar-refractivity contribution in [3.8, 4) is 11.1 Å². The molecule has 0 aliphatic heterocycles. The second-order valence-electron chi connectivity index (χ2n) is 11.5. The first-order chi connectivity index (χ1) is 19.5. The first-order valence-electron chi connectivity index (χ1n) is 16.1. The molecule has 0 saturated carbocycles. The Kier molecular flexibility index (Phi) is 17.7. The summed E-state index contributed by atoms with van der Waals surface area (Å²) in [5, 5.41) is 20.8. The number of hydrogen-bond acceptors (Lipinski definition) is 3. The van der Waals surface area contributed by atoms with E-state index in [0.717, 1.165) is 29.5 Å². The smallest absolute Gasteiger partial charge is 0.335 e. The normalized spacial score (nSPS) is 11.1. The van der Waals surface area contributed by atoms with Crippen LogP contribution in [-0.4, -0.2) is 16.0 Å². The number of nitro benzene ring substituents is 1. The number of unbranched alkanes of at least 4 members (excludes halogenated alkanes) is 19. The zero-order valence-corrected chi connectivity index (χ0v) is 25.0. The lowest BCUT2D eigenvalue weighted by molar-refractivity contribution is -0.385. The van der Waals surface area contributed by atoms with E-state index in [1.54, 1.807) is 18.2 Å². The quantitative estimate of drug-likeness (QED) is 0.0799. The molecule has 0 aliphatic carbocycles. The minimum absolute atomic E-state index is 0.151. The van der Waals surface area contributed by atoms with Crippen LogP contribution in [0, 0.1) is 10.1 Å². The second-order valence-corrected chi connectivity index (χ2v) is 11.5. The van der Waals surface area contributed by atoms with E-state index < -0.39 is 5.97 Å². The molecule has 2 aromatic rings. The first kappa shape index (κ1) is 33.5. The molecule has 0 radical (unpaired) electrons. The van der Waals surface area contributed by atoms with Gasteiger partial charge in [-0.25, -0.2) is 4.79 Å². The number of nitrogens with zero attached hydrogens (tertiary/aromatic N) is 1. The molecule has 0 fully saturated rings. The van der Waals surface area contributed by atoms with Crippen LogP contribution in [0.15, 0.2) is 42.5 Å². The van der Waals surface area contributed by atoms with Gasteiger partial charge in [0.15, 0.2) is 0 Å². The monoisotopic (exact) mass is 551 g/mol. The Hall–Kier alpha value is -2.69. The molecule has 1 N–H and O–H groups in total. The van der Waals surface area contributed by atoms with Crippen molar-refractivity contribution in [1.82, 2.24) is 0 Å². The highest BCUT2D eigenvalue weighted by atomic mass is 16.6. The van der Waals surface area contributed by atoms with Crippen molar-refractivity contribution in [1.29, 1.82) is 0 Å². The molecule has 0 aliphatic rings. The van der Waals surface area contributed by atoms with Gasteiger partial charge in [-0.05, 0) is 36.1 Å². The Labute approximate surface area is 242 Å². The van der Waals surface area contributed by atoms with Crippen LogP contribution >= 0.6 is 0 Å². The van der Waals surface area contributed by atoms with Gasteiger partial charge in [0.2, 0.25) is 0 Å². The van der Waals surface area contributed by atoms with Gasteiger partial charge in [0, 0.05) is 11.6 Å². The van der Waals surface area contributed by atoms with E-state index in [2.05, 4.69) is 6.92 Å². The highest BCUT2D eigenvalue weighted by Crippen LogP contribution is 2.29. The van der Waals surface area contributed by atoms with Crippen molar-refractivity contribution in [3.05, 3.63) is 63.7 Å². The van der Waals surface area contributed by atoms with Crippen LogP contribution in [0.3, 0.4) is 0 Å². The van der Waals surface area contributed by atoms with E-state index in [9.17, 15) is 14.9 Å². The third-order valence-corrected chi connectivity index (χ3v) is 8.05. The fraction of sp³-hybridized carbons (Fsp3) is 0.629. The van der Waals surface area contributed by atoms with Crippen molar-refractivity contribution in [2.24, 2.45) is 0 Å². The summed E-state index contributed by atoms with van der Waals surface area (Å²) >= 11 is 0. The van der Waals surface area contributed by atoms with Crippen LogP contribution in [0.2, 0.25) is 0 Å². The third-order valence-electron chi connectivity index (χ3n) is 8.05. The SMILES string of the molecule is CCCCCCCCCCCCCCCCCCCCCCc1ccc(-c2ccc(C(=O)O)cc2)cc1[N+](=O)[O-]. The molecule has 0 atom stereocenters. The van der Waals surface area contributed by atoms with Crippen LogP contribution in [0.1, 0.15) is 151 Å². The summed E-state index contributed by atoms with van der Waals surface area (Å²) in [4.78, 5) is 22.4. The molecule has 0 saturated heterocycles. The predicted octanol–water partition coefficient (Wildman–Crippen LogP) is 11.3. The summed E-state index contributed by atoms with van der Waals surface area (Å²) in [6.07, 6.45) is 27.6. The number of aromatic carboxylic acids is 1. The maximum Gasteiger partial charge on any atom is 0.335 e. The number of carbonyl (C=O) groups is 1. The standard InChI is InChI=1S/C35H53NO4/c1-2-3-4-5-6-7-8-9-10-11-12-13-14-15-16-17-18-19-20-21-22-31-25-28-33(29-34(31)36(39)40)30-23-26-32(27-24-30)35(37)38/h23-29H,2-22H2,1H3,(H,37,38). The van der Waals surface area contributed by atoms with E-state index in [1.807, 2.05) is 12.1 Å². The molecule has 0 amide bonds. The van der Waals surface area contributed by atoms with Gasteiger partial charge in [0.25, 0.3) is 5.69 Å². The van der Waals surface area contributed by atoms with Gasteiger partial charge in [-0.1, -0.05) is 153 Å². The lowest BCUT2D eigenvalue weighted by Gasteiger charge is -2.07. The van der Waals surface area contributed by atoms with Crippen LogP contribution < -0.4 is 0 Å². The molecule has 0 heterocycles. The van der Waals surface area contributed by atoms with E-state index in [-0.39, 0.29) is 16.2 Å². The highest BCUT2D eigenvalue weighted by Gasteiger charge is 2.15. The molecule has 0 aromatic heterocycles. The summed E-state index contributed by atoms with van der Waals surface area (Å²) in [6.45, 7) is 2.28. The predicted molar refractivity (Wildman–Crippen MR) is 167 cm³/mol. The average Bonchev–Trinajstić information content (AvgIpc) is 2.96. The summed E-state index contributed by atoms with van der Waals surface area (Å²) in [6, 6.07) is 11.8. The van der Waals surface area contributed by atoms with Crippen molar-refractivity contribution >= 4 is 11.7 Å². The molecule has 222 valence electrons. The molecule has 5 heteroatoms. The third kappa shape index (κ3) is 14.1. The van der Waals surface area contributed by atoms with Crippen LogP contribution in [0.4, 0.5) is 5.69 Å². The number of carboxylic acid groups (broad SMARTS) is 1. The number of aryl methyl sites for hydroxylation is 1. The molecule has 0 unspecified atom stereocenters. The van der Waals surface area contributed by atoms with Gasteiger partial charge >= 0.3 is 5.97 Å². The van der Waals surface area contributed by atoms with Gasteiger partial charge < -0.3 is 5.11 Å². The molecule has 40 heavy (non-hydrogen) atoms. The molecule has 5 nitrogen and oxygen atoms in total. The molecular weight excluding hydrogens is 498 g/mol. The Morgan fingerprint density at radius 1 is 0.625 bits per heavy atom. The maximum atomic E-state index is 11.7.